The lowest BCUT2D eigenvalue weighted by Gasteiger charge is -2.06. The highest BCUT2D eigenvalue weighted by molar-refractivity contribution is 7.91. The molecule has 0 saturated carbocycles. The van der Waals surface area contributed by atoms with E-state index in [0.29, 0.717) is 13.0 Å². The number of esters is 1. The minimum absolute atomic E-state index is 0.0296. The topological polar surface area (TPSA) is 102 Å². The molecule has 0 saturated heterocycles. The first-order valence-electron chi connectivity index (χ1n) is 6.08. The second kappa shape index (κ2) is 7.75. The molecule has 0 amide bonds. The molecule has 0 atom stereocenters. The molecular weight excluding hydrogens is 298 g/mol. The molecule has 7 nitrogen and oxygen atoms in total. The van der Waals surface area contributed by atoms with Crippen molar-refractivity contribution in [1.29, 1.82) is 0 Å². The van der Waals surface area contributed by atoms with Gasteiger partial charge in [-0.2, -0.15) is 0 Å². The van der Waals surface area contributed by atoms with Gasteiger partial charge >= 0.3 is 5.97 Å². The van der Waals surface area contributed by atoms with Crippen molar-refractivity contribution in [2.45, 2.75) is 11.3 Å². The van der Waals surface area contributed by atoms with Crippen LogP contribution in [-0.4, -0.2) is 51.9 Å². The summed E-state index contributed by atoms with van der Waals surface area (Å²) in [6.07, 6.45) is 0.395. The van der Waals surface area contributed by atoms with Gasteiger partial charge in [-0.05, 0) is 18.6 Å². The number of oxime groups is 1. The fraction of sp³-hybridized carbons (Fsp3) is 0.385. The normalized spacial score (nSPS) is 12.2. The van der Waals surface area contributed by atoms with E-state index in [9.17, 15) is 13.2 Å². The van der Waals surface area contributed by atoms with Crippen molar-refractivity contribution in [2.24, 2.45) is 5.16 Å². The Morgan fingerprint density at radius 2 is 1.86 bits per heavy atom. The first-order valence-corrected chi connectivity index (χ1v) is 7.74. The van der Waals surface area contributed by atoms with Crippen molar-refractivity contribution >= 4 is 21.5 Å². The second-order valence-corrected chi connectivity index (χ2v) is 6.24. The fourth-order valence-corrected chi connectivity index (χ4v) is 2.93. The number of ether oxygens (including phenoxy) is 2. The number of hydrogen-bond acceptors (Lipinski definition) is 7. The summed E-state index contributed by atoms with van der Waals surface area (Å²) >= 11 is 0. The maximum atomic E-state index is 12.0. The van der Waals surface area contributed by atoms with Crippen LogP contribution in [0.25, 0.3) is 0 Å². The fourth-order valence-electron chi connectivity index (χ4n) is 1.64. The van der Waals surface area contributed by atoms with Gasteiger partial charge in [-0.25, -0.2) is 13.2 Å². The average molecular weight is 315 g/mol. The van der Waals surface area contributed by atoms with Gasteiger partial charge in [0.05, 0.1) is 17.8 Å². The van der Waals surface area contributed by atoms with Gasteiger partial charge in [0.15, 0.2) is 15.5 Å². The summed E-state index contributed by atoms with van der Waals surface area (Å²) in [4.78, 5) is 11.5. The summed E-state index contributed by atoms with van der Waals surface area (Å²) in [5.74, 6) is -0.841. The molecule has 0 heterocycles. The number of methoxy groups -OCH3 is 2. The largest absolute Gasteiger partial charge is 0.464 e. The van der Waals surface area contributed by atoms with Crippen LogP contribution < -0.4 is 0 Å². The Hall–Kier alpha value is -1.93. The maximum absolute atomic E-state index is 12.0. The first kappa shape index (κ1) is 17.1. The Morgan fingerprint density at radius 3 is 2.33 bits per heavy atom. The van der Waals surface area contributed by atoms with E-state index >= 15 is 0 Å². The molecule has 0 unspecified atom stereocenters. The standard InChI is InChI=1S/C13H17NO6S/c1-19-8-3-9-21(17,18)11-6-4-10(5-7-11)12(14-16)13(15)20-2/h4-7,16H,3,8-9H2,1-2H3/b14-12+. The smallest absolute Gasteiger partial charge is 0.360 e. The molecular formula is C13H17NO6S. The lowest BCUT2D eigenvalue weighted by molar-refractivity contribution is -0.132. The zero-order valence-corrected chi connectivity index (χ0v) is 12.6. The molecule has 1 rings (SSSR count). The van der Waals surface area contributed by atoms with Crippen LogP contribution in [0, 0.1) is 0 Å². The third-order valence-electron chi connectivity index (χ3n) is 2.73. The summed E-state index contributed by atoms with van der Waals surface area (Å²) in [6, 6.07) is 5.47. The lowest BCUT2D eigenvalue weighted by atomic mass is 10.1. The van der Waals surface area contributed by atoms with E-state index in [1.165, 1.54) is 31.4 Å². The van der Waals surface area contributed by atoms with E-state index in [0.717, 1.165) is 7.11 Å². The second-order valence-electron chi connectivity index (χ2n) is 4.13. The van der Waals surface area contributed by atoms with Crippen molar-refractivity contribution in [3.05, 3.63) is 29.8 Å². The predicted octanol–water partition coefficient (Wildman–Crippen LogP) is 0.848. The Labute approximate surface area is 123 Å². The highest BCUT2D eigenvalue weighted by atomic mass is 32.2. The summed E-state index contributed by atoms with van der Waals surface area (Å²) in [5, 5.41) is 11.7. The summed E-state index contributed by atoms with van der Waals surface area (Å²) in [7, 11) is -0.747. The molecule has 1 aromatic carbocycles. The van der Waals surface area contributed by atoms with Crippen LogP contribution in [0.4, 0.5) is 0 Å². The van der Waals surface area contributed by atoms with Crippen LogP contribution in [0.2, 0.25) is 0 Å². The third kappa shape index (κ3) is 4.54. The molecule has 1 aromatic rings. The van der Waals surface area contributed by atoms with Crippen LogP contribution in [0.3, 0.4) is 0 Å². The van der Waals surface area contributed by atoms with Gasteiger partial charge < -0.3 is 14.7 Å². The van der Waals surface area contributed by atoms with Gasteiger partial charge in [0.25, 0.3) is 0 Å². The van der Waals surface area contributed by atoms with Crippen LogP contribution in [0.15, 0.2) is 34.3 Å². The van der Waals surface area contributed by atoms with E-state index in [1.54, 1.807) is 0 Å². The molecule has 0 fully saturated rings. The SMILES string of the molecule is COCCCS(=O)(=O)c1ccc(/C(=N\O)C(=O)OC)cc1. The third-order valence-corrected chi connectivity index (χ3v) is 4.54. The van der Waals surface area contributed by atoms with Crippen molar-refractivity contribution in [1.82, 2.24) is 0 Å². The van der Waals surface area contributed by atoms with Gasteiger partial charge in [0, 0.05) is 19.3 Å². The molecule has 21 heavy (non-hydrogen) atoms. The number of hydrogen-bond donors (Lipinski definition) is 1. The number of benzene rings is 1. The van der Waals surface area contributed by atoms with E-state index in [2.05, 4.69) is 9.89 Å². The van der Waals surface area contributed by atoms with Crippen LogP contribution in [0.5, 0.6) is 0 Å². The predicted molar refractivity (Wildman–Crippen MR) is 75.3 cm³/mol. The molecule has 1 N–H and O–H groups in total. The minimum Gasteiger partial charge on any atom is -0.464 e. The molecule has 0 spiro atoms. The van der Waals surface area contributed by atoms with Crippen LogP contribution >= 0.6 is 0 Å². The number of sulfone groups is 1. The highest BCUT2D eigenvalue weighted by Gasteiger charge is 2.18. The van der Waals surface area contributed by atoms with E-state index in [-0.39, 0.29) is 21.9 Å². The molecule has 0 radical (unpaired) electrons. The Balaban J connectivity index is 2.94. The lowest BCUT2D eigenvalue weighted by Crippen LogP contribution is -2.17. The maximum Gasteiger partial charge on any atom is 0.360 e. The molecule has 0 aliphatic carbocycles. The monoisotopic (exact) mass is 315 g/mol. The highest BCUT2D eigenvalue weighted by Crippen LogP contribution is 2.14. The van der Waals surface area contributed by atoms with Crippen molar-refractivity contribution < 1.29 is 27.9 Å². The van der Waals surface area contributed by atoms with Gasteiger partial charge in [-0.3, -0.25) is 0 Å². The Bertz CT molecular complexity index is 606. The van der Waals surface area contributed by atoms with Gasteiger partial charge in [0.1, 0.15) is 0 Å². The molecule has 116 valence electrons. The number of carbonyl (C=O) groups excluding carboxylic acids is 1. The van der Waals surface area contributed by atoms with Crippen LogP contribution in [-0.2, 0) is 24.1 Å². The van der Waals surface area contributed by atoms with Gasteiger partial charge in [0.2, 0.25) is 0 Å². The van der Waals surface area contributed by atoms with Gasteiger partial charge in [-0.1, -0.05) is 17.3 Å². The van der Waals surface area contributed by atoms with Crippen molar-refractivity contribution in [3.63, 3.8) is 0 Å². The van der Waals surface area contributed by atoms with Crippen molar-refractivity contribution in [2.75, 3.05) is 26.6 Å². The van der Waals surface area contributed by atoms with Crippen LogP contribution in [0.1, 0.15) is 12.0 Å². The van der Waals surface area contributed by atoms with Crippen molar-refractivity contribution in [3.8, 4) is 0 Å². The minimum atomic E-state index is -3.41. The summed E-state index contributed by atoms with van der Waals surface area (Å²) in [6.45, 7) is 0.362. The molecule has 0 aliphatic rings. The number of carbonyl (C=O) groups is 1. The first-order chi connectivity index (χ1) is 9.96. The Kier molecular flexibility index (Phi) is 6.32. The zero-order valence-electron chi connectivity index (χ0n) is 11.8. The van der Waals surface area contributed by atoms with E-state index in [1.807, 2.05) is 0 Å². The molecule has 0 bridgehead atoms. The van der Waals surface area contributed by atoms with E-state index in [4.69, 9.17) is 9.94 Å². The molecule has 8 heteroatoms. The zero-order chi connectivity index (χ0) is 15.9. The quantitative estimate of drug-likeness (QED) is 0.263. The summed E-state index contributed by atoms with van der Waals surface area (Å²) in [5.41, 5.74) is -0.0268. The molecule has 0 aliphatic heterocycles. The Morgan fingerprint density at radius 1 is 1.24 bits per heavy atom. The average Bonchev–Trinajstić information content (AvgIpc) is 2.48. The molecule has 0 aromatic heterocycles. The number of rotatable bonds is 7. The van der Waals surface area contributed by atoms with E-state index < -0.39 is 15.8 Å². The summed E-state index contributed by atoms with van der Waals surface area (Å²) < 4.78 is 33.3. The number of nitrogens with zero attached hydrogens (tertiary/aromatic N) is 1. The van der Waals surface area contributed by atoms with Gasteiger partial charge in [-0.15, -0.1) is 0 Å².